The summed E-state index contributed by atoms with van der Waals surface area (Å²) in [6.45, 7) is 2.01. The summed E-state index contributed by atoms with van der Waals surface area (Å²) in [5, 5.41) is 3.38. The van der Waals surface area contributed by atoms with E-state index in [-0.39, 0.29) is 5.92 Å². The molecule has 3 heterocycles. The molecule has 0 saturated heterocycles. The van der Waals surface area contributed by atoms with Gasteiger partial charge in [0.15, 0.2) is 5.78 Å². The van der Waals surface area contributed by atoms with Crippen LogP contribution in [0.15, 0.2) is 17.5 Å². The normalized spacial score (nSPS) is 16.9. The topological polar surface area (TPSA) is 30.0 Å². The molecular formula is C19H17NOS2. The summed E-state index contributed by atoms with van der Waals surface area (Å²) in [5.74, 6) is 0.552. The van der Waals surface area contributed by atoms with Crippen molar-refractivity contribution in [1.82, 2.24) is 4.98 Å². The van der Waals surface area contributed by atoms with Gasteiger partial charge in [-0.05, 0) is 56.0 Å². The molecule has 2 aliphatic rings. The van der Waals surface area contributed by atoms with E-state index in [1.54, 1.807) is 11.3 Å². The first-order valence-corrected chi connectivity index (χ1v) is 9.96. The maximum atomic E-state index is 13.0. The Morgan fingerprint density at radius 2 is 2.17 bits per heavy atom. The van der Waals surface area contributed by atoms with E-state index in [2.05, 4.69) is 17.5 Å². The van der Waals surface area contributed by atoms with E-state index in [9.17, 15) is 4.79 Å². The Balaban J connectivity index is 1.90. The second kappa shape index (κ2) is 4.99. The summed E-state index contributed by atoms with van der Waals surface area (Å²) in [5.41, 5.74) is 4.46. The molecule has 0 atom stereocenters. The van der Waals surface area contributed by atoms with E-state index in [4.69, 9.17) is 4.98 Å². The number of aryl methyl sites for hydroxylation is 3. The molecule has 2 nitrogen and oxygen atoms in total. The van der Waals surface area contributed by atoms with Crippen LogP contribution in [-0.2, 0) is 12.8 Å². The molecule has 4 heteroatoms. The highest BCUT2D eigenvalue weighted by Crippen LogP contribution is 2.46. The molecule has 116 valence electrons. The predicted octanol–water partition coefficient (Wildman–Crippen LogP) is 5.41. The van der Waals surface area contributed by atoms with Gasteiger partial charge in [-0.25, -0.2) is 4.98 Å². The Morgan fingerprint density at radius 1 is 1.30 bits per heavy atom. The molecule has 3 aromatic rings. The zero-order valence-corrected chi connectivity index (χ0v) is 14.6. The number of nitrogens with zero attached hydrogens (tertiary/aromatic N) is 1. The zero-order chi connectivity index (χ0) is 15.6. The lowest BCUT2D eigenvalue weighted by Crippen LogP contribution is -2.08. The summed E-state index contributed by atoms with van der Waals surface area (Å²) >= 11 is 3.58. The van der Waals surface area contributed by atoms with Crippen LogP contribution in [-0.4, -0.2) is 10.8 Å². The maximum Gasteiger partial charge on any atom is 0.168 e. The van der Waals surface area contributed by atoms with Crippen molar-refractivity contribution in [3.63, 3.8) is 0 Å². The highest BCUT2D eigenvalue weighted by Gasteiger charge is 2.35. The monoisotopic (exact) mass is 339 g/mol. The Kier molecular flexibility index (Phi) is 3.01. The quantitative estimate of drug-likeness (QED) is 0.597. The fraction of sp³-hybridized carbons (Fsp3) is 0.368. The van der Waals surface area contributed by atoms with Crippen LogP contribution >= 0.6 is 22.7 Å². The van der Waals surface area contributed by atoms with E-state index in [0.717, 1.165) is 35.4 Å². The highest BCUT2D eigenvalue weighted by molar-refractivity contribution is 7.19. The van der Waals surface area contributed by atoms with Gasteiger partial charge in [0.2, 0.25) is 0 Å². The number of fused-ring (bicyclic) bond motifs is 3. The van der Waals surface area contributed by atoms with E-state index in [1.807, 2.05) is 18.3 Å². The van der Waals surface area contributed by atoms with Crippen LogP contribution in [0.2, 0.25) is 0 Å². The number of carbonyl (C=O) groups excluding carboxylic acids is 1. The van der Waals surface area contributed by atoms with Crippen LogP contribution in [0.1, 0.15) is 45.8 Å². The number of rotatable bonds is 3. The van der Waals surface area contributed by atoms with Crippen molar-refractivity contribution >= 4 is 38.7 Å². The van der Waals surface area contributed by atoms with E-state index < -0.39 is 0 Å². The number of aromatic nitrogens is 1. The van der Waals surface area contributed by atoms with Gasteiger partial charge in [-0.15, -0.1) is 22.7 Å². The molecule has 3 aromatic heterocycles. The van der Waals surface area contributed by atoms with Gasteiger partial charge >= 0.3 is 0 Å². The number of Topliss-reactive ketones (excluding diaryl/α,β-unsaturated/α-hetero) is 1. The molecule has 23 heavy (non-hydrogen) atoms. The number of thiophene rings is 2. The lowest BCUT2D eigenvalue weighted by molar-refractivity contribution is 0.0967. The molecule has 1 saturated carbocycles. The summed E-state index contributed by atoms with van der Waals surface area (Å²) in [4.78, 5) is 21.7. The van der Waals surface area contributed by atoms with Crippen LogP contribution in [0.3, 0.4) is 0 Å². The van der Waals surface area contributed by atoms with Gasteiger partial charge in [0.1, 0.15) is 4.83 Å². The van der Waals surface area contributed by atoms with Gasteiger partial charge < -0.3 is 0 Å². The lowest BCUT2D eigenvalue weighted by Gasteiger charge is -2.13. The molecule has 0 amide bonds. The van der Waals surface area contributed by atoms with Crippen LogP contribution in [0, 0.1) is 12.8 Å². The van der Waals surface area contributed by atoms with Crippen LogP contribution in [0.5, 0.6) is 0 Å². The molecule has 5 rings (SSSR count). The number of ketones is 1. The van der Waals surface area contributed by atoms with Crippen LogP contribution < -0.4 is 0 Å². The Bertz CT molecular complexity index is 932. The average Bonchev–Trinajstić information content (AvgIpc) is 2.94. The van der Waals surface area contributed by atoms with Crippen LogP contribution in [0.4, 0.5) is 0 Å². The number of hydrogen-bond acceptors (Lipinski definition) is 4. The average molecular weight is 339 g/mol. The first-order valence-electron chi connectivity index (χ1n) is 8.27. The standard InChI is InChI=1S/C19H17NOS2/c1-10-15(18(21)11-7-8-11)17(14-6-3-9-22-14)16-12-4-2-5-13(12)23-19(16)20-10/h3,6,9,11H,2,4-5,7-8H2,1H3. The Hall–Kier alpha value is -1.52. The first kappa shape index (κ1) is 13.9. The van der Waals surface area contributed by atoms with Gasteiger partial charge in [-0.2, -0.15) is 0 Å². The van der Waals surface area contributed by atoms with Gasteiger partial charge in [-0.3, -0.25) is 4.79 Å². The predicted molar refractivity (Wildman–Crippen MR) is 96.7 cm³/mol. The fourth-order valence-corrected chi connectivity index (χ4v) is 5.86. The zero-order valence-electron chi connectivity index (χ0n) is 13.0. The van der Waals surface area contributed by atoms with Crippen molar-refractivity contribution in [1.29, 1.82) is 0 Å². The smallest absolute Gasteiger partial charge is 0.168 e. The van der Waals surface area contributed by atoms with Crippen molar-refractivity contribution < 1.29 is 4.79 Å². The summed E-state index contributed by atoms with van der Waals surface area (Å²) in [6, 6.07) is 4.24. The summed E-state index contributed by atoms with van der Waals surface area (Å²) in [6.07, 6.45) is 5.63. The van der Waals surface area contributed by atoms with Crippen molar-refractivity contribution in [2.24, 2.45) is 5.92 Å². The molecular weight excluding hydrogens is 322 g/mol. The maximum absolute atomic E-state index is 13.0. The van der Waals surface area contributed by atoms with Gasteiger partial charge in [0.05, 0.1) is 5.69 Å². The van der Waals surface area contributed by atoms with Crippen molar-refractivity contribution in [3.05, 3.63) is 39.2 Å². The molecule has 0 radical (unpaired) electrons. The highest BCUT2D eigenvalue weighted by atomic mass is 32.1. The van der Waals surface area contributed by atoms with Gasteiger partial charge in [-0.1, -0.05) is 6.07 Å². The number of carbonyl (C=O) groups is 1. The molecule has 0 spiro atoms. The van der Waals surface area contributed by atoms with Crippen molar-refractivity contribution in [2.75, 3.05) is 0 Å². The van der Waals surface area contributed by atoms with E-state index in [1.165, 1.54) is 39.1 Å². The minimum atomic E-state index is 0.235. The van der Waals surface area contributed by atoms with Crippen molar-refractivity contribution in [3.8, 4) is 10.4 Å². The van der Waals surface area contributed by atoms with Crippen molar-refractivity contribution in [2.45, 2.75) is 39.0 Å². The third kappa shape index (κ3) is 2.05. The molecule has 1 fully saturated rings. The number of pyridine rings is 1. The summed E-state index contributed by atoms with van der Waals surface area (Å²) in [7, 11) is 0. The number of hydrogen-bond donors (Lipinski definition) is 0. The molecule has 0 N–H and O–H groups in total. The van der Waals surface area contributed by atoms with Crippen LogP contribution in [0.25, 0.3) is 20.7 Å². The molecule has 2 aliphatic carbocycles. The SMILES string of the molecule is Cc1nc2sc3c(c2c(-c2cccs2)c1C(=O)C1CC1)CCC3. The third-order valence-corrected chi connectivity index (χ3v) is 7.07. The fourth-order valence-electron chi connectivity index (χ4n) is 3.76. The second-order valence-electron chi connectivity index (χ2n) is 6.60. The lowest BCUT2D eigenvalue weighted by atomic mass is 9.94. The van der Waals surface area contributed by atoms with Gasteiger partial charge in [0.25, 0.3) is 0 Å². The van der Waals surface area contributed by atoms with E-state index in [0.29, 0.717) is 5.78 Å². The Labute approximate surface area is 143 Å². The molecule has 0 unspecified atom stereocenters. The molecule has 0 aliphatic heterocycles. The van der Waals surface area contributed by atoms with Gasteiger partial charge in [0, 0.05) is 32.2 Å². The first-order chi connectivity index (χ1) is 11.2. The third-order valence-electron chi connectivity index (χ3n) is 5.00. The molecule has 0 bridgehead atoms. The Morgan fingerprint density at radius 3 is 2.91 bits per heavy atom. The summed E-state index contributed by atoms with van der Waals surface area (Å²) < 4.78 is 0. The minimum absolute atomic E-state index is 0.235. The minimum Gasteiger partial charge on any atom is -0.294 e. The largest absolute Gasteiger partial charge is 0.294 e. The second-order valence-corrected chi connectivity index (χ2v) is 8.63. The van der Waals surface area contributed by atoms with E-state index >= 15 is 0 Å². The molecule has 0 aromatic carbocycles.